The van der Waals surface area contributed by atoms with Gasteiger partial charge in [0.15, 0.2) is 0 Å². The molecule has 1 aromatic heterocycles. The minimum Gasteiger partial charge on any atom is -0.385 e. The first-order valence-electron chi connectivity index (χ1n) is 7.35. The van der Waals surface area contributed by atoms with Crippen LogP contribution in [0.15, 0.2) is 41.1 Å². The number of aromatic nitrogens is 1. The molecule has 0 saturated carbocycles. The van der Waals surface area contributed by atoms with Gasteiger partial charge in [0.25, 0.3) is 5.91 Å². The highest BCUT2D eigenvalue weighted by Crippen LogP contribution is 2.23. The van der Waals surface area contributed by atoms with Gasteiger partial charge in [0.2, 0.25) is 0 Å². The predicted molar refractivity (Wildman–Crippen MR) is 95.2 cm³/mol. The minimum absolute atomic E-state index is 0.135. The number of aryl methyl sites for hydroxylation is 1. The van der Waals surface area contributed by atoms with Crippen LogP contribution in [0, 0.1) is 6.92 Å². The van der Waals surface area contributed by atoms with Crippen LogP contribution in [0.1, 0.15) is 22.3 Å². The molecule has 0 unspecified atom stereocenters. The van der Waals surface area contributed by atoms with E-state index in [2.05, 4.69) is 31.5 Å². The van der Waals surface area contributed by atoms with Crippen molar-refractivity contribution < 1.29 is 9.53 Å². The fraction of sp³-hybridized carbons (Fsp3) is 0.294. The lowest BCUT2D eigenvalue weighted by molar-refractivity contribution is 0.0948. The number of hydrogen-bond donors (Lipinski definition) is 2. The number of ether oxygens (including phenoxy) is 1. The molecule has 2 aromatic rings. The Hall–Kier alpha value is -1.92. The molecule has 0 spiro atoms. The number of pyridine rings is 1. The van der Waals surface area contributed by atoms with Crippen LogP contribution in [0.3, 0.4) is 0 Å². The second-order valence-electron chi connectivity index (χ2n) is 5.15. The molecule has 0 radical (unpaired) electrons. The lowest BCUT2D eigenvalue weighted by atomic mass is 10.2. The maximum atomic E-state index is 12.1. The fourth-order valence-electron chi connectivity index (χ4n) is 2.04. The summed E-state index contributed by atoms with van der Waals surface area (Å²) in [7, 11) is 1.64. The van der Waals surface area contributed by atoms with Crippen molar-refractivity contribution in [1.82, 2.24) is 10.3 Å². The second kappa shape index (κ2) is 8.64. The lowest BCUT2D eigenvalue weighted by Gasteiger charge is -2.10. The predicted octanol–water partition coefficient (Wildman–Crippen LogP) is 3.66. The van der Waals surface area contributed by atoms with E-state index in [4.69, 9.17) is 4.74 Å². The molecular weight excluding hydrogens is 358 g/mol. The lowest BCUT2D eigenvalue weighted by Crippen LogP contribution is -2.25. The molecule has 2 N–H and O–H groups in total. The van der Waals surface area contributed by atoms with Crippen molar-refractivity contribution in [3.8, 4) is 0 Å². The summed E-state index contributed by atoms with van der Waals surface area (Å²) < 4.78 is 6.02. The van der Waals surface area contributed by atoms with Crippen LogP contribution >= 0.6 is 15.9 Å². The van der Waals surface area contributed by atoms with Crippen molar-refractivity contribution in [2.75, 3.05) is 25.6 Å². The van der Waals surface area contributed by atoms with E-state index in [0.29, 0.717) is 18.7 Å². The second-order valence-corrected chi connectivity index (χ2v) is 6.01. The van der Waals surface area contributed by atoms with Crippen molar-refractivity contribution in [3.63, 3.8) is 0 Å². The van der Waals surface area contributed by atoms with Crippen LogP contribution < -0.4 is 10.6 Å². The topological polar surface area (TPSA) is 63.2 Å². The van der Waals surface area contributed by atoms with Gasteiger partial charge in [-0.25, -0.2) is 0 Å². The summed E-state index contributed by atoms with van der Waals surface area (Å²) >= 11 is 3.48. The van der Waals surface area contributed by atoms with Gasteiger partial charge in [-0.3, -0.25) is 9.78 Å². The average molecular weight is 378 g/mol. The highest BCUT2D eigenvalue weighted by Gasteiger charge is 2.07. The molecule has 0 aliphatic heterocycles. The summed E-state index contributed by atoms with van der Waals surface area (Å²) in [5.41, 5.74) is 3.39. The number of anilines is 2. The van der Waals surface area contributed by atoms with Crippen LogP contribution in [0.5, 0.6) is 0 Å². The summed E-state index contributed by atoms with van der Waals surface area (Å²) in [5.74, 6) is -0.135. The number of carbonyl (C=O) groups excluding carboxylic acids is 1. The van der Waals surface area contributed by atoms with E-state index in [1.165, 1.54) is 0 Å². The molecule has 6 heteroatoms. The number of carbonyl (C=O) groups is 1. The van der Waals surface area contributed by atoms with E-state index in [9.17, 15) is 4.79 Å². The Morgan fingerprint density at radius 2 is 2.09 bits per heavy atom. The zero-order valence-electron chi connectivity index (χ0n) is 13.2. The van der Waals surface area contributed by atoms with Gasteiger partial charge in [0, 0.05) is 36.6 Å². The molecule has 122 valence electrons. The Kier molecular flexibility index (Phi) is 6.55. The summed E-state index contributed by atoms with van der Waals surface area (Å²) in [6.07, 6.45) is 4.04. The Bertz CT molecular complexity index is 677. The molecule has 1 aromatic carbocycles. The number of nitrogens with one attached hydrogen (secondary N) is 2. The average Bonchev–Trinajstić information content (AvgIpc) is 2.55. The summed E-state index contributed by atoms with van der Waals surface area (Å²) in [5, 5.41) is 6.11. The summed E-state index contributed by atoms with van der Waals surface area (Å²) in [4.78, 5) is 16.2. The van der Waals surface area contributed by atoms with E-state index in [1.54, 1.807) is 25.6 Å². The summed E-state index contributed by atoms with van der Waals surface area (Å²) in [6.45, 7) is 3.23. The fourth-order valence-corrected chi connectivity index (χ4v) is 2.29. The van der Waals surface area contributed by atoms with Crippen molar-refractivity contribution in [1.29, 1.82) is 0 Å². The molecule has 0 aliphatic carbocycles. The van der Waals surface area contributed by atoms with Crippen molar-refractivity contribution >= 4 is 33.2 Å². The zero-order valence-corrected chi connectivity index (χ0v) is 14.8. The Labute approximate surface area is 144 Å². The maximum absolute atomic E-state index is 12.1. The normalized spacial score (nSPS) is 10.4. The maximum Gasteiger partial charge on any atom is 0.252 e. The van der Waals surface area contributed by atoms with E-state index in [1.807, 2.05) is 25.1 Å². The smallest absolute Gasteiger partial charge is 0.252 e. The molecule has 23 heavy (non-hydrogen) atoms. The van der Waals surface area contributed by atoms with E-state index in [-0.39, 0.29) is 5.91 Å². The monoisotopic (exact) mass is 377 g/mol. The molecule has 0 aliphatic rings. The Balaban J connectivity index is 2.01. The van der Waals surface area contributed by atoms with Crippen LogP contribution in [-0.4, -0.2) is 31.2 Å². The Morgan fingerprint density at radius 3 is 2.83 bits per heavy atom. The van der Waals surface area contributed by atoms with Gasteiger partial charge in [0.05, 0.1) is 17.4 Å². The van der Waals surface area contributed by atoms with Crippen molar-refractivity contribution in [2.24, 2.45) is 0 Å². The van der Waals surface area contributed by atoms with Crippen molar-refractivity contribution in [2.45, 2.75) is 13.3 Å². The summed E-state index contributed by atoms with van der Waals surface area (Å²) in [6, 6.07) is 7.77. The van der Waals surface area contributed by atoms with Gasteiger partial charge in [0.1, 0.15) is 0 Å². The molecule has 0 bridgehead atoms. The zero-order chi connectivity index (χ0) is 16.7. The number of hydrogen-bond acceptors (Lipinski definition) is 4. The molecule has 5 nitrogen and oxygen atoms in total. The number of benzene rings is 1. The molecule has 0 fully saturated rings. The quantitative estimate of drug-likeness (QED) is 0.722. The first-order valence-corrected chi connectivity index (χ1v) is 8.15. The van der Waals surface area contributed by atoms with E-state index >= 15 is 0 Å². The standard InChI is InChI=1S/C17H20BrN3O2/c1-12-8-14(4-5-16(12)18)21-15-9-13(10-19-11-15)17(22)20-6-3-7-23-2/h4-5,8-11,21H,3,6-7H2,1-2H3,(H,20,22). The SMILES string of the molecule is COCCCNC(=O)c1cncc(Nc2ccc(Br)c(C)c2)c1. The van der Waals surface area contributed by atoms with Gasteiger partial charge in [-0.2, -0.15) is 0 Å². The van der Waals surface area contributed by atoms with Crippen molar-refractivity contribution in [3.05, 3.63) is 52.3 Å². The Morgan fingerprint density at radius 1 is 1.26 bits per heavy atom. The number of amides is 1. The number of halogens is 1. The van der Waals surface area contributed by atoms with E-state index < -0.39 is 0 Å². The van der Waals surface area contributed by atoms with Crippen LogP contribution in [0.2, 0.25) is 0 Å². The third kappa shape index (κ3) is 5.33. The van der Waals surface area contributed by atoms with Crippen LogP contribution in [-0.2, 0) is 4.74 Å². The third-order valence-electron chi connectivity index (χ3n) is 3.26. The van der Waals surface area contributed by atoms with Gasteiger partial charge < -0.3 is 15.4 Å². The molecule has 1 heterocycles. The number of nitrogens with zero attached hydrogens (tertiary/aromatic N) is 1. The minimum atomic E-state index is -0.135. The number of methoxy groups -OCH3 is 1. The van der Waals surface area contributed by atoms with Gasteiger partial charge in [-0.15, -0.1) is 0 Å². The molecule has 1 amide bonds. The molecule has 0 atom stereocenters. The highest BCUT2D eigenvalue weighted by molar-refractivity contribution is 9.10. The van der Waals surface area contributed by atoms with Gasteiger partial charge in [-0.05, 0) is 43.2 Å². The van der Waals surface area contributed by atoms with E-state index in [0.717, 1.165) is 27.8 Å². The third-order valence-corrected chi connectivity index (χ3v) is 4.15. The largest absolute Gasteiger partial charge is 0.385 e. The van der Waals surface area contributed by atoms with Crippen LogP contribution in [0.4, 0.5) is 11.4 Å². The highest BCUT2D eigenvalue weighted by atomic mass is 79.9. The molecule has 2 rings (SSSR count). The number of rotatable bonds is 7. The molecule has 0 saturated heterocycles. The van der Waals surface area contributed by atoms with Gasteiger partial charge in [-0.1, -0.05) is 15.9 Å². The molecular formula is C17H20BrN3O2. The first kappa shape index (κ1) is 17.4. The first-order chi connectivity index (χ1) is 11.1. The van der Waals surface area contributed by atoms with Crippen LogP contribution in [0.25, 0.3) is 0 Å². The van der Waals surface area contributed by atoms with Gasteiger partial charge >= 0.3 is 0 Å².